The summed E-state index contributed by atoms with van der Waals surface area (Å²) in [7, 11) is 1.88. The van der Waals surface area contributed by atoms with Gasteiger partial charge in [0.2, 0.25) is 0 Å². The number of carbonyl (C=O) groups is 1. The summed E-state index contributed by atoms with van der Waals surface area (Å²) in [5.41, 5.74) is 1.05. The molecule has 0 saturated heterocycles. The zero-order valence-electron chi connectivity index (χ0n) is 19.1. The molecule has 170 valence electrons. The summed E-state index contributed by atoms with van der Waals surface area (Å²) in [6.07, 6.45) is 0. The maximum absolute atomic E-state index is 10.6. The first-order chi connectivity index (χ1) is 14.2. The Morgan fingerprint density at radius 3 is 1.55 bits per heavy atom. The zero-order chi connectivity index (χ0) is 22.2. The molecule has 0 atom stereocenters. The van der Waals surface area contributed by atoms with E-state index >= 15 is 0 Å². The van der Waals surface area contributed by atoms with Crippen molar-refractivity contribution in [2.45, 2.75) is 34.6 Å². The monoisotopic (exact) mass is 415 g/mol. The highest BCUT2D eigenvalue weighted by atomic mass is 16.6. The first-order valence-corrected chi connectivity index (χ1v) is 10.4. The lowest BCUT2D eigenvalue weighted by Gasteiger charge is -2.09. The number of hydrogen-bond donors (Lipinski definition) is 1. The van der Waals surface area contributed by atoms with Crippen molar-refractivity contribution in [2.75, 3.05) is 71.8 Å². The highest BCUT2D eigenvalue weighted by Gasteiger charge is 1.96. The van der Waals surface area contributed by atoms with E-state index in [1.165, 1.54) is 6.92 Å². The predicted octanol–water partition coefficient (Wildman–Crippen LogP) is 3.81. The van der Waals surface area contributed by atoms with E-state index in [1.807, 2.05) is 59.0 Å². The molecule has 0 spiro atoms. The number of carbonyl (C=O) groups excluding carboxylic acids is 1. The molecule has 0 bridgehead atoms. The first kappa shape index (κ1) is 29.5. The van der Waals surface area contributed by atoms with Gasteiger partial charge in [-0.15, -0.1) is 0 Å². The third-order valence-corrected chi connectivity index (χ3v) is 3.06. The second-order valence-electron chi connectivity index (χ2n) is 5.21. The van der Waals surface area contributed by atoms with Crippen molar-refractivity contribution in [3.8, 4) is 5.75 Å². The summed E-state index contributed by atoms with van der Waals surface area (Å²) >= 11 is 0. The second-order valence-corrected chi connectivity index (χ2v) is 5.21. The number of ether oxygens (including phenoxy) is 5. The molecule has 29 heavy (non-hydrogen) atoms. The molecule has 0 heterocycles. The van der Waals surface area contributed by atoms with Gasteiger partial charge in [0.15, 0.2) is 5.78 Å². The Bertz CT molecular complexity index is 453. The molecular weight excluding hydrogens is 374 g/mol. The van der Waals surface area contributed by atoms with E-state index in [1.54, 1.807) is 0 Å². The van der Waals surface area contributed by atoms with E-state index in [4.69, 9.17) is 23.7 Å². The van der Waals surface area contributed by atoms with Crippen LogP contribution in [0.15, 0.2) is 24.3 Å². The number of rotatable bonds is 16. The summed E-state index contributed by atoms with van der Waals surface area (Å²) in [4.78, 5) is 10.6. The fourth-order valence-corrected chi connectivity index (χ4v) is 1.81. The molecule has 0 aliphatic heterocycles. The Morgan fingerprint density at radius 2 is 1.14 bits per heavy atom. The molecular formula is C22H41NO6. The van der Waals surface area contributed by atoms with E-state index in [0.717, 1.165) is 11.4 Å². The predicted molar refractivity (Wildman–Crippen MR) is 118 cm³/mol. The lowest BCUT2D eigenvalue weighted by Crippen LogP contribution is -2.14. The number of benzene rings is 1. The molecule has 0 radical (unpaired) electrons. The Balaban J connectivity index is 0. The minimum Gasteiger partial charge on any atom is -0.491 e. The molecule has 0 fully saturated rings. The van der Waals surface area contributed by atoms with Crippen LogP contribution in [0.4, 0.5) is 5.69 Å². The van der Waals surface area contributed by atoms with Crippen molar-refractivity contribution >= 4 is 11.5 Å². The fraction of sp³-hybridized carbons (Fsp3) is 0.682. The Kier molecular flexibility index (Phi) is 24.8. The Hall–Kier alpha value is -1.67. The molecule has 7 nitrogen and oxygen atoms in total. The third kappa shape index (κ3) is 20.9. The maximum atomic E-state index is 10.6. The van der Waals surface area contributed by atoms with Crippen LogP contribution in [0.3, 0.4) is 0 Å². The third-order valence-electron chi connectivity index (χ3n) is 3.06. The van der Waals surface area contributed by atoms with Crippen LogP contribution in [0.5, 0.6) is 5.75 Å². The van der Waals surface area contributed by atoms with E-state index in [2.05, 4.69) is 5.32 Å². The zero-order valence-corrected chi connectivity index (χ0v) is 19.1. The van der Waals surface area contributed by atoms with Gasteiger partial charge in [0.1, 0.15) is 19.0 Å². The molecule has 0 aliphatic carbocycles. The average molecular weight is 416 g/mol. The van der Waals surface area contributed by atoms with Gasteiger partial charge in [0.25, 0.3) is 0 Å². The summed E-state index contributed by atoms with van der Waals surface area (Å²) < 4.78 is 26.7. The van der Waals surface area contributed by atoms with Gasteiger partial charge in [-0.2, -0.15) is 0 Å². The van der Waals surface area contributed by atoms with Crippen LogP contribution in [0.1, 0.15) is 34.6 Å². The molecule has 0 aliphatic rings. The number of anilines is 1. The van der Waals surface area contributed by atoms with Gasteiger partial charge < -0.3 is 29.0 Å². The van der Waals surface area contributed by atoms with Gasteiger partial charge >= 0.3 is 0 Å². The highest BCUT2D eigenvalue weighted by molar-refractivity contribution is 5.76. The van der Waals surface area contributed by atoms with Crippen molar-refractivity contribution in [2.24, 2.45) is 0 Å². The van der Waals surface area contributed by atoms with Crippen LogP contribution in [-0.2, 0) is 23.7 Å². The van der Waals surface area contributed by atoms with Crippen molar-refractivity contribution < 1.29 is 28.5 Å². The van der Waals surface area contributed by atoms with E-state index < -0.39 is 0 Å². The largest absolute Gasteiger partial charge is 0.491 e. The van der Waals surface area contributed by atoms with Crippen LogP contribution in [0, 0.1) is 0 Å². The van der Waals surface area contributed by atoms with Crippen molar-refractivity contribution in [3.63, 3.8) is 0 Å². The first-order valence-electron chi connectivity index (χ1n) is 10.4. The van der Waals surface area contributed by atoms with Crippen molar-refractivity contribution in [1.82, 2.24) is 0 Å². The second kappa shape index (κ2) is 24.4. The quantitative estimate of drug-likeness (QED) is 0.411. The molecule has 1 rings (SSSR count). The standard InChI is InChI=1S/C18H29NO6.2C2H6/c1-16(20)15-24-12-11-22-8-7-21-9-10-23-13-14-25-18-5-3-17(19-2)4-6-18;2*1-2/h3-6,19H,7-15H2,1-2H3;2*1-2H3. The maximum Gasteiger partial charge on any atom is 0.155 e. The SMILES string of the molecule is CC.CC.CNc1ccc(OCCOCCOCCOCCOCC(C)=O)cc1. The summed E-state index contributed by atoms with van der Waals surface area (Å²) in [6, 6.07) is 7.75. The smallest absolute Gasteiger partial charge is 0.155 e. The minimum atomic E-state index is 0.0143. The molecule has 0 aromatic heterocycles. The molecule has 0 unspecified atom stereocenters. The highest BCUT2D eigenvalue weighted by Crippen LogP contribution is 2.14. The molecule has 7 heteroatoms. The Labute approximate surface area is 177 Å². The topological polar surface area (TPSA) is 75.2 Å². The molecule has 1 aromatic rings. The van der Waals surface area contributed by atoms with E-state index in [0.29, 0.717) is 52.9 Å². The van der Waals surface area contributed by atoms with Crippen LogP contribution < -0.4 is 10.1 Å². The van der Waals surface area contributed by atoms with E-state index in [9.17, 15) is 4.79 Å². The van der Waals surface area contributed by atoms with Crippen molar-refractivity contribution in [3.05, 3.63) is 24.3 Å². The van der Waals surface area contributed by atoms with Gasteiger partial charge in [-0.1, -0.05) is 27.7 Å². The van der Waals surface area contributed by atoms with Gasteiger partial charge in [-0.05, 0) is 31.2 Å². The lowest BCUT2D eigenvalue weighted by atomic mass is 10.3. The van der Waals surface area contributed by atoms with Crippen LogP contribution in [-0.4, -0.2) is 72.3 Å². The van der Waals surface area contributed by atoms with Crippen LogP contribution >= 0.6 is 0 Å². The average Bonchev–Trinajstić information content (AvgIpc) is 2.77. The summed E-state index contributed by atoms with van der Waals surface area (Å²) in [6.45, 7) is 13.6. The fourth-order valence-electron chi connectivity index (χ4n) is 1.81. The normalized spacial score (nSPS) is 9.59. The molecule has 1 N–H and O–H groups in total. The summed E-state index contributed by atoms with van der Waals surface area (Å²) in [5, 5.41) is 3.05. The summed E-state index contributed by atoms with van der Waals surface area (Å²) in [5.74, 6) is 0.837. The van der Waals surface area contributed by atoms with Gasteiger partial charge in [0.05, 0.1) is 46.2 Å². The molecule has 1 aromatic carbocycles. The van der Waals surface area contributed by atoms with Gasteiger partial charge in [-0.3, -0.25) is 4.79 Å². The van der Waals surface area contributed by atoms with Gasteiger partial charge in [-0.25, -0.2) is 0 Å². The van der Waals surface area contributed by atoms with Crippen LogP contribution in [0.25, 0.3) is 0 Å². The molecule has 0 saturated carbocycles. The van der Waals surface area contributed by atoms with E-state index in [-0.39, 0.29) is 12.4 Å². The Morgan fingerprint density at radius 1 is 0.724 bits per heavy atom. The number of ketones is 1. The van der Waals surface area contributed by atoms with Crippen molar-refractivity contribution in [1.29, 1.82) is 0 Å². The number of nitrogens with one attached hydrogen (secondary N) is 1. The van der Waals surface area contributed by atoms with Gasteiger partial charge in [0, 0.05) is 12.7 Å². The number of hydrogen-bond acceptors (Lipinski definition) is 7. The lowest BCUT2D eigenvalue weighted by molar-refractivity contribution is -0.122. The minimum absolute atomic E-state index is 0.0143. The van der Waals surface area contributed by atoms with Crippen LogP contribution in [0.2, 0.25) is 0 Å². The number of Topliss-reactive ketones (excluding diaryl/α,β-unsaturated/α-hetero) is 1. The molecule has 0 amide bonds.